The van der Waals surface area contributed by atoms with Crippen molar-refractivity contribution in [1.82, 2.24) is 9.88 Å². The first kappa shape index (κ1) is 17.1. The number of nitrogens with one attached hydrogen (secondary N) is 1. The van der Waals surface area contributed by atoms with Crippen LogP contribution < -0.4 is 5.32 Å². The molecule has 0 aliphatic carbocycles. The summed E-state index contributed by atoms with van der Waals surface area (Å²) in [5.74, 6) is -0.0870. The molecule has 1 aromatic heterocycles. The fourth-order valence-corrected chi connectivity index (χ4v) is 2.38. The van der Waals surface area contributed by atoms with Crippen molar-refractivity contribution in [1.29, 1.82) is 0 Å². The molecule has 1 heterocycles. The van der Waals surface area contributed by atoms with Crippen LogP contribution >= 0.6 is 0 Å². The Labute approximate surface area is 137 Å². The van der Waals surface area contributed by atoms with Gasteiger partial charge >= 0.3 is 0 Å². The number of pyridine rings is 1. The number of hydrogen-bond donors (Lipinski definition) is 2. The molecule has 0 saturated heterocycles. The zero-order chi connectivity index (χ0) is 16.7. The van der Waals surface area contributed by atoms with Crippen LogP contribution in [0.5, 0.6) is 0 Å². The van der Waals surface area contributed by atoms with E-state index in [0.29, 0.717) is 13.1 Å². The average molecular weight is 313 g/mol. The molecule has 0 unspecified atom stereocenters. The topological polar surface area (TPSA) is 65.5 Å². The Hall–Kier alpha value is -2.24. The van der Waals surface area contributed by atoms with E-state index in [2.05, 4.69) is 10.3 Å². The first-order valence-electron chi connectivity index (χ1n) is 7.68. The molecule has 0 aliphatic rings. The highest BCUT2D eigenvalue weighted by molar-refractivity contribution is 5.93. The molecule has 1 amide bonds. The quantitative estimate of drug-likeness (QED) is 0.822. The van der Waals surface area contributed by atoms with Crippen LogP contribution in [0, 0.1) is 13.8 Å². The number of benzene rings is 1. The molecule has 1 aromatic carbocycles. The van der Waals surface area contributed by atoms with Crippen molar-refractivity contribution in [3.05, 3.63) is 59.4 Å². The van der Waals surface area contributed by atoms with Gasteiger partial charge in [-0.15, -0.1) is 0 Å². The molecule has 122 valence electrons. The van der Waals surface area contributed by atoms with Gasteiger partial charge in [0.15, 0.2) is 0 Å². The maximum Gasteiger partial charge on any atom is 0.238 e. The number of carbonyl (C=O) groups is 1. The number of nitrogens with zero attached hydrogens (tertiary/aromatic N) is 2. The standard InChI is InChI=1S/C18H23N3O2/c1-14-5-3-7-17(15(14)2)20-18(23)13-21(9-10-22)12-16-6-4-8-19-11-16/h3-8,11,22H,9-10,12-13H2,1-2H3,(H,20,23). The summed E-state index contributed by atoms with van der Waals surface area (Å²) in [6.45, 7) is 5.26. The number of aromatic nitrogens is 1. The third-order valence-corrected chi connectivity index (χ3v) is 3.79. The van der Waals surface area contributed by atoms with E-state index < -0.39 is 0 Å². The van der Waals surface area contributed by atoms with Gasteiger partial charge in [0.1, 0.15) is 0 Å². The van der Waals surface area contributed by atoms with Gasteiger partial charge in [0.05, 0.1) is 13.2 Å². The number of anilines is 1. The highest BCUT2D eigenvalue weighted by Crippen LogP contribution is 2.17. The smallest absolute Gasteiger partial charge is 0.238 e. The summed E-state index contributed by atoms with van der Waals surface area (Å²) in [7, 11) is 0. The second-order valence-electron chi connectivity index (χ2n) is 5.59. The monoisotopic (exact) mass is 313 g/mol. The minimum Gasteiger partial charge on any atom is -0.395 e. The normalized spacial score (nSPS) is 10.8. The van der Waals surface area contributed by atoms with E-state index in [1.165, 1.54) is 0 Å². The molecule has 2 aromatic rings. The molecule has 0 atom stereocenters. The molecule has 2 N–H and O–H groups in total. The van der Waals surface area contributed by atoms with Gasteiger partial charge in [-0.2, -0.15) is 0 Å². The van der Waals surface area contributed by atoms with Crippen molar-refractivity contribution in [3.8, 4) is 0 Å². The van der Waals surface area contributed by atoms with Crippen molar-refractivity contribution >= 4 is 11.6 Å². The van der Waals surface area contributed by atoms with Gasteiger partial charge in [0, 0.05) is 31.2 Å². The first-order chi connectivity index (χ1) is 11.1. The second-order valence-corrected chi connectivity index (χ2v) is 5.59. The summed E-state index contributed by atoms with van der Waals surface area (Å²) < 4.78 is 0. The Kier molecular flexibility index (Phi) is 6.26. The zero-order valence-corrected chi connectivity index (χ0v) is 13.6. The van der Waals surface area contributed by atoms with Crippen LogP contribution in [0.25, 0.3) is 0 Å². The number of aliphatic hydroxyl groups is 1. The minimum absolute atomic E-state index is 0.0109. The van der Waals surface area contributed by atoms with Crippen molar-refractivity contribution in [2.24, 2.45) is 0 Å². The molecule has 0 fully saturated rings. The first-order valence-corrected chi connectivity index (χ1v) is 7.68. The van der Waals surface area contributed by atoms with E-state index in [-0.39, 0.29) is 19.1 Å². The molecule has 0 bridgehead atoms. The highest BCUT2D eigenvalue weighted by atomic mass is 16.3. The molecule has 2 rings (SSSR count). The highest BCUT2D eigenvalue weighted by Gasteiger charge is 2.12. The van der Waals surface area contributed by atoms with Crippen molar-refractivity contribution in [2.45, 2.75) is 20.4 Å². The Bertz CT molecular complexity index is 644. The summed E-state index contributed by atoms with van der Waals surface area (Å²) in [4.78, 5) is 18.3. The van der Waals surface area contributed by atoms with E-state index in [1.54, 1.807) is 12.4 Å². The van der Waals surface area contributed by atoms with Crippen LogP contribution in [0.1, 0.15) is 16.7 Å². The van der Waals surface area contributed by atoms with Gasteiger partial charge in [-0.25, -0.2) is 0 Å². The fourth-order valence-electron chi connectivity index (χ4n) is 2.38. The summed E-state index contributed by atoms with van der Waals surface area (Å²) in [6.07, 6.45) is 3.49. The number of aliphatic hydroxyl groups excluding tert-OH is 1. The molecular weight excluding hydrogens is 290 g/mol. The van der Waals surface area contributed by atoms with E-state index in [0.717, 1.165) is 22.4 Å². The van der Waals surface area contributed by atoms with Crippen LogP contribution in [0.2, 0.25) is 0 Å². The van der Waals surface area contributed by atoms with Crippen LogP contribution in [-0.4, -0.2) is 40.6 Å². The predicted molar refractivity (Wildman–Crippen MR) is 91.1 cm³/mol. The summed E-state index contributed by atoms with van der Waals surface area (Å²) >= 11 is 0. The fraction of sp³-hybridized carbons (Fsp3) is 0.333. The Balaban J connectivity index is 1.99. The van der Waals surface area contributed by atoms with Crippen LogP contribution in [0.15, 0.2) is 42.7 Å². The van der Waals surface area contributed by atoms with Crippen LogP contribution in [0.4, 0.5) is 5.69 Å². The number of hydrogen-bond acceptors (Lipinski definition) is 4. The van der Waals surface area contributed by atoms with Crippen LogP contribution in [0.3, 0.4) is 0 Å². The summed E-state index contributed by atoms with van der Waals surface area (Å²) in [5.41, 5.74) is 4.06. The number of carbonyl (C=O) groups excluding carboxylic acids is 1. The maximum absolute atomic E-state index is 12.3. The Morgan fingerprint density at radius 1 is 1.26 bits per heavy atom. The SMILES string of the molecule is Cc1cccc(NC(=O)CN(CCO)Cc2cccnc2)c1C. The van der Waals surface area contributed by atoms with Crippen LogP contribution in [-0.2, 0) is 11.3 Å². The van der Waals surface area contributed by atoms with Crippen molar-refractivity contribution in [2.75, 3.05) is 25.0 Å². The summed E-state index contributed by atoms with van der Waals surface area (Å²) in [5, 5.41) is 12.2. The molecule has 5 nitrogen and oxygen atoms in total. The molecule has 5 heteroatoms. The third-order valence-electron chi connectivity index (χ3n) is 3.79. The second kappa shape index (κ2) is 8.41. The number of rotatable bonds is 7. The van der Waals surface area contributed by atoms with Gasteiger partial charge in [0.25, 0.3) is 0 Å². The van der Waals surface area contributed by atoms with Gasteiger partial charge in [-0.1, -0.05) is 18.2 Å². The largest absolute Gasteiger partial charge is 0.395 e. The Morgan fingerprint density at radius 2 is 2.09 bits per heavy atom. The van der Waals surface area contributed by atoms with Gasteiger partial charge in [-0.3, -0.25) is 14.7 Å². The molecule has 0 saturated carbocycles. The minimum atomic E-state index is -0.0870. The third kappa shape index (κ3) is 5.16. The molecular formula is C18H23N3O2. The van der Waals surface area contributed by atoms with E-state index >= 15 is 0 Å². The van der Waals surface area contributed by atoms with Gasteiger partial charge in [0.2, 0.25) is 5.91 Å². The van der Waals surface area contributed by atoms with Gasteiger partial charge in [-0.05, 0) is 42.7 Å². The van der Waals surface area contributed by atoms with E-state index in [9.17, 15) is 9.90 Å². The number of amides is 1. The number of aryl methyl sites for hydroxylation is 1. The lowest BCUT2D eigenvalue weighted by molar-refractivity contribution is -0.117. The molecule has 23 heavy (non-hydrogen) atoms. The molecule has 0 spiro atoms. The lowest BCUT2D eigenvalue weighted by atomic mass is 10.1. The van der Waals surface area contributed by atoms with Crippen molar-refractivity contribution < 1.29 is 9.90 Å². The van der Waals surface area contributed by atoms with E-state index in [1.807, 2.05) is 49.1 Å². The average Bonchev–Trinajstić information content (AvgIpc) is 2.53. The molecule has 0 radical (unpaired) electrons. The lowest BCUT2D eigenvalue weighted by Gasteiger charge is -2.21. The Morgan fingerprint density at radius 3 is 2.78 bits per heavy atom. The van der Waals surface area contributed by atoms with Gasteiger partial charge < -0.3 is 10.4 Å². The summed E-state index contributed by atoms with van der Waals surface area (Å²) in [6, 6.07) is 9.67. The van der Waals surface area contributed by atoms with Crippen molar-refractivity contribution in [3.63, 3.8) is 0 Å². The predicted octanol–water partition coefficient (Wildman–Crippen LogP) is 2.13. The van der Waals surface area contributed by atoms with E-state index in [4.69, 9.17) is 0 Å². The lowest BCUT2D eigenvalue weighted by Crippen LogP contribution is -2.35. The maximum atomic E-state index is 12.3. The molecule has 0 aliphatic heterocycles. The zero-order valence-electron chi connectivity index (χ0n) is 13.6.